The van der Waals surface area contributed by atoms with E-state index in [0.29, 0.717) is 6.04 Å². The van der Waals surface area contributed by atoms with Crippen LogP contribution in [0.2, 0.25) is 0 Å². The van der Waals surface area contributed by atoms with E-state index in [1.807, 2.05) is 30.6 Å². The Morgan fingerprint density at radius 1 is 1.29 bits per heavy atom. The van der Waals surface area contributed by atoms with Gasteiger partial charge in [-0.15, -0.1) is 11.3 Å². The van der Waals surface area contributed by atoms with Crippen LogP contribution in [0.15, 0.2) is 29.8 Å². The van der Waals surface area contributed by atoms with Crippen molar-refractivity contribution in [3.05, 3.63) is 51.5 Å². The third-order valence-corrected chi connectivity index (χ3v) is 4.21. The van der Waals surface area contributed by atoms with E-state index in [1.165, 1.54) is 21.7 Å². The zero-order valence-corrected chi connectivity index (χ0v) is 11.3. The summed E-state index contributed by atoms with van der Waals surface area (Å²) in [5, 5.41) is 5.54. The normalized spacial score (nSPS) is 12.6. The number of nitrogens with one attached hydrogen (secondary N) is 1. The smallest absolute Gasteiger partial charge is 0.0471 e. The summed E-state index contributed by atoms with van der Waals surface area (Å²) in [6.45, 7) is 4.29. The Labute approximate surface area is 107 Å². The number of likely N-dealkylation sites (N-methyl/N-ethyl adjacent to an activating group) is 1. The Kier molecular flexibility index (Phi) is 3.92. The highest BCUT2D eigenvalue weighted by molar-refractivity contribution is 7.10. The molecule has 2 aromatic heterocycles. The van der Waals surface area contributed by atoms with Gasteiger partial charge in [0, 0.05) is 29.2 Å². The third kappa shape index (κ3) is 2.73. The van der Waals surface area contributed by atoms with Crippen LogP contribution in [0, 0.1) is 13.8 Å². The van der Waals surface area contributed by atoms with Crippen molar-refractivity contribution < 1.29 is 0 Å². The fourth-order valence-electron chi connectivity index (χ4n) is 1.99. The van der Waals surface area contributed by atoms with Crippen LogP contribution in [0.4, 0.5) is 0 Å². The van der Waals surface area contributed by atoms with E-state index in [2.05, 4.69) is 41.7 Å². The molecule has 1 unspecified atom stereocenters. The van der Waals surface area contributed by atoms with Crippen molar-refractivity contribution in [2.24, 2.45) is 0 Å². The molecule has 2 heterocycles. The van der Waals surface area contributed by atoms with Crippen molar-refractivity contribution in [3.63, 3.8) is 0 Å². The first-order valence-corrected chi connectivity index (χ1v) is 6.72. The van der Waals surface area contributed by atoms with Gasteiger partial charge in [-0.05, 0) is 49.5 Å². The molecule has 0 fully saturated rings. The Hall–Kier alpha value is -1.19. The number of thiophene rings is 1. The summed E-state index contributed by atoms with van der Waals surface area (Å²) in [5.41, 5.74) is 3.81. The largest absolute Gasteiger partial charge is 0.312 e. The summed E-state index contributed by atoms with van der Waals surface area (Å²) in [7, 11) is 2.02. The monoisotopic (exact) mass is 246 g/mol. The molecular formula is C14H18N2S. The van der Waals surface area contributed by atoms with Crippen LogP contribution in [0.3, 0.4) is 0 Å². The quantitative estimate of drug-likeness (QED) is 0.895. The molecule has 0 aliphatic carbocycles. The van der Waals surface area contributed by atoms with Gasteiger partial charge in [-0.1, -0.05) is 6.07 Å². The molecule has 0 aliphatic heterocycles. The molecule has 0 amide bonds. The molecule has 0 aromatic carbocycles. The maximum Gasteiger partial charge on any atom is 0.0471 e. The number of aromatic nitrogens is 1. The Bertz CT molecular complexity index is 490. The van der Waals surface area contributed by atoms with Crippen LogP contribution in [-0.2, 0) is 6.42 Å². The molecule has 90 valence electrons. The average molecular weight is 246 g/mol. The molecule has 0 radical (unpaired) electrons. The van der Waals surface area contributed by atoms with E-state index >= 15 is 0 Å². The predicted octanol–water partition coefficient (Wildman–Crippen LogP) is 3.26. The number of aryl methyl sites for hydroxylation is 2. The number of nitrogens with zero attached hydrogens (tertiary/aromatic N) is 1. The first-order valence-electron chi connectivity index (χ1n) is 5.84. The lowest BCUT2D eigenvalue weighted by Crippen LogP contribution is -2.19. The Morgan fingerprint density at radius 3 is 2.71 bits per heavy atom. The van der Waals surface area contributed by atoms with Crippen molar-refractivity contribution in [1.29, 1.82) is 0 Å². The van der Waals surface area contributed by atoms with Crippen LogP contribution >= 0.6 is 11.3 Å². The van der Waals surface area contributed by atoms with E-state index < -0.39 is 0 Å². The highest BCUT2D eigenvalue weighted by Gasteiger charge is 2.15. The minimum atomic E-state index is 0.364. The lowest BCUT2D eigenvalue weighted by Gasteiger charge is -2.16. The lowest BCUT2D eigenvalue weighted by atomic mass is 10.0. The van der Waals surface area contributed by atoms with E-state index in [1.54, 1.807) is 0 Å². The van der Waals surface area contributed by atoms with Crippen molar-refractivity contribution in [2.75, 3.05) is 7.05 Å². The van der Waals surface area contributed by atoms with Crippen LogP contribution < -0.4 is 5.32 Å². The van der Waals surface area contributed by atoms with E-state index in [9.17, 15) is 0 Å². The minimum absolute atomic E-state index is 0.364. The molecule has 0 spiro atoms. The van der Waals surface area contributed by atoms with E-state index in [4.69, 9.17) is 0 Å². The minimum Gasteiger partial charge on any atom is -0.312 e. The summed E-state index contributed by atoms with van der Waals surface area (Å²) in [5.74, 6) is 0. The second-order valence-electron chi connectivity index (χ2n) is 4.28. The number of pyridine rings is 1. The molecule has 3 heteroatoms. The molecule has 0 aliphatic rings. The molecule has 17 heavy (non-hydrogen) atoms. The van der Waals surface area contributed by atoms with E-state index in [0.717, 1.165) is 6.42 Å². The van der Waals surface area contributed by atoms with Crippen LogP contribution in [-0.4, -0.2) is 12.0 Å². The van der Waals surface area contributed by atoms with Gasteiger partial charge in [0.2, 0.25) is 0 Å². The van der Waals surface area contributed by atoms with Crippen molar-refractivity contribution in [1.82, 2.24) is 10.3 Å². The SMILES string of the molecule is CNC(Cc1ncccc1C)c1sccc1C. The molecule has 1 atom stereocenters. The predicted molar refractivity (Wildman–Crippen MR) is 73.5 cm³/mol. The fraction of sp³-hybridized carbons (Fsp3) is 0.357. The highest BCUT2D eigenvalue weighted by Crippen LogP contribution is 2.26. The van der Waals surface area contributed by atoms with Gasteiger partial charge < -0.3 is 5.32 Å². The molecule has 2 nitrogen and oxygen atoms in total. The van der Waals surface area contributed by atoms with Crippen LogP contribution in [0.1, 0.15) is 27.7 Å². The first kappa shape index (κ1) is 12.3. The molecule has 0 bridgehead atoms. The van der Waals surface area contributed by atoms with Crippen molar-refractivity contribution >= 4 is 11.3 Å². The van der Waals surface area contributed by atoms with Gasteiger partial charge in [0.05, 0.1) is 0 Å². The summed E-state index contributed by atoms with van der Waals surface area (Å²) in [6, 6.07) is 6.65. The lowest BCUT2D eigenvalue weighted by molar-refractivity contribution is 0.590. The number of rotatable bonds is 4. The first-order chi connectivity index (χ1) is 8.22. The van der Waals surface area contributed by atoms with Gasteiger partial charge in [-0.3, -0.25) is 4.98 Å². The maximum atomic E-state index is 4.47. The Balaban J connectivity index is 2.22. The maximum absolute atomic E-state index is 4.47. The van der Waals surface area contributed by atoms with Gasteiger partial charge in [-0.2, -0.15) is 0 Å². The summed E-state index contributed by atoms with van der Waals surface area (Å²) < 4.78 is 0. The number of hydrogen-bond donors (Lipinski definition) is 1. The zero-order chi connectivity index (χ0) is 12.3. The number of hydrogen-bond acceptors (Lipinski definition) is 3. The second kappa shape index (κ2) is 5.43. The van der Waals surface area contributed by atoms with E-state index in [-0.39, 0.29) is 0 Å². The molecule has 1 N–H and O–H groups in total. The highest BCUT2D eigenvalue weighted by atomic mass is 32.1. The summed E-state index contributed by atoms with van der Waals surface area (Å²) >= 11 is 1.82. The zero-order valence-electron chi connectivity index (χ0n) is 10.5. The molecule has 0 saturated heterocycles. The molecule has 2 rings (SSSR count). The third-order valence-electron chi connectivity index (χ3n) is 3.08. The van der Waals surface area contributed by atoms with Gasteiger partial charge in [0.15, 0.2) is 0 Å². The summed E-state index contributed by atoms with van der Waals surface area (Å²) in [4.78, 5) is 5.88. The van der Waals surface area contributed by atoms with Gasteiger partial charge in [0.1, 0.15) is 0 Å². The molecular weight excluding hydrogens is 228 g/mol. The Morgan fingerprint density at radius 2 is 2.12 bits per heavy atom. The summed E-state index contributed by atoms with van der Waals surface area (Å²) in [6.07, 6.45) is 2.82. The van der Waals surface area contributed by atoms with Gasteiger partial charge in [-0.25, -0.2) is 0 Å². The standard InChI is InChI=1S/C14H18N2S/c1-10-5-4-7-16-12(10)9-13(15-3)14-11(2)6-8-17-14/h4-8,13,15H,9H2,1-3H3. The van der Waals surface area contributed by atoms with Crippen LogP contribution in [0.25, 0.3) is 0 Å². The van der Waals surface area contributed by atoms with Crippen molar-refractivity contribution in [2.45, 2.75) is 26.3 Å². The van der Waals surface area contributed by atoms with Crippen LogP contribution in [0.5, 0.6) is 0 Å². The van der Waals surface area contributed by atoms with Gasteiger partial charge in [0.25, 0.3) is 0 Å². The fourth-order valence-corrected chi connectivity index (χ4v) is 3.03. The van der Waals surface area contributed by atoms with Gasteiger partial charge >= 0.3 is 0 Å². The molecule has 0 saturated carbocycles. The second-order valence-corrected chi connectivity index (χ2v) is 5.23. The topological polar surface area (TPSA) is 24.9 Å². The average Bonchev–Trinajstić information content (AvgIpc) is 2.75. The van der Waals surface area contributed by atoms with Crippen molar-refractivity contribution in [3.8, 4) is 0 Å². The molecule has 2 aromatic rings.